The molecule has 2 heterocycles. The maximum atomic E-state index is 12.8. The van der Waals surface area contributed by atoms with E-state index in [0.717, 1.165) is 6.20 Å². The second-order valence-corrected chi connectivity index (χ2v) is 3.45. The van der Waals surface area contributed by atoms with Crippen molar-refractivity contribution in [2.24, 2.45) is 5.84 Å². The van der Waals surface area contributed by atoms with E-state index in [1.165, 1.54) is 31.6 Å². The van der Waals surface area contributed by atoms with Crippen molar-refractivity contribution >= 4 is 0 Å². The first-order valence-electron chi connectivity index (χ1n) is 5.18. The summed E-state index contributed by atoms with van der Waals surface area (Å²) in [4.78, 5) is 12.1. The highest BCUT2D eigenvalue weighted by Crippen LogP contribution is 2.24. The van der Waals surface area contributed by atoms with Crippen molar-refractivity contribution in [1.29, 1.82) is 0 Å². The molecule has 1 unspecified atom stereocenters. The van der Waals surface area contributed by atoms with Crippen LogP contribution in [0.15, 0.2) is 30.7 Å². The Balaban J connectivity index is 2.41. The molecule has 0 aliphatic rings. The lowest BCUT2D eigenvalue weighted by molar-refractivity contribution is 0.382. The van der Waals surface area contributed by atoms with E-state index in [9.17, 15) is 4.39 Å². The molecule has 1 atom stereocenters. The predicted octanol–water partition coefficient (Wildman–Crippen LogP) is 0.572. The average molecular weight is 249 g/mol. The Hall–Kier alpha value is -2.12. The molecule has 0 aromatic carbocycles. The van der Waals surface area contributed by atoms with Gasteiger partial charge < -0.3 is 4.74 Å². The fourth-order valence-electron chi connectivity index (χ4n) is 1.55. The first-order valence-corrected chi connectivity index (χ1v) is 5.18. The number of halogens is 1. The molecule has 0 spiro atoms. The van der Waals surface area contributed by atoms with Gasteiger partial charge in [0.15, 0.2) is 0 Å². The molecule has 94 valence electrons. The number of aromatic nitrogens is 3. The third-order valence-corrected chi connectivity index (χ3v) is 2.37. The molecule has 7 heteroatoms. The van der Waals surface area contributed by atoms with Crippen molar-refractivity contribution in [3.63, 3.8) is 0 Å². The molecule has 0 radical (unpaired) electrons. The van der Waals surface area contributed by atoms with Crippen LogP contribution in [0.3, 0.4) is 0 Å². The molecule has 2 aromatic heterocycles. The molecule has 6 nitrogen and oxygen atoms in total. The fraction of sp³-hybridized carbons (Fsp3) is 0.182. The van der Waals surface area contributed by atoms with Crippen LogP contribution in [0.25, 0.3) is 0 Å². The summed E-state index contributed by atoms with van der Waals surface area (Å²) in [5, 5.41) is 0. The first kappa shape index (κ1) is 12.3. The normalized spacial score (nSPS) is 12.2. The van der Waals surface area contributed by atoms with Crippen molar-refractivity contribution in [2.75, 3.05) is 7.11 Å². The van der Waals surface area contributed by atoms with Crippen molar-refractivity contribution < 1.29 is 9.13 Å². The maximum absolute atomic E-state index is 12.8. The SMILES string of the molecule is COc1nccnc1C(NN)c1ccc(F)cn1. The van der Waals surface area contributed by atoms with E-state index in [2.05, 4.69) is 20.4 Å². The van der Waals surface area contributed by atoms with Crippen LogP contribution in [0.2, 0.25) is 0 Å². The van der Waals surface area contributed by atoms with Gasteiger partial charge in [-0.3, -0.25) is 15.8 Å². The van der Waals surface area contributed by atoms with Gasteiger partial charge in [0.1, 0.15) is 17.6 Å². The molecule has 0 saturated carbocycles. The molecule has 0 aliphatic heterocycles. The third-order valence-electron chi connectivity index (χ3n) is 2.37. The Bertz CT molecular complexity index is 519. The highest BCUT2D eigenvalue weighted by atomic mass is 19.1. The lowest BCUT2D eigenvalue weighted by atomic mass is 10.1. The van der Waals surface area contributed by atoms with Gasteiger partial charge in [-0.15, -0.1) is 0 Å². The lowest BCUT2D eigenvalue weighted by Gasteiger charge is -2.16. The average Bonchev–Trinajstić information content (AvgIpc) is 2.42. The van der Waals surface area contributed by atoms with Crippen molar-refractivity contribution in [1.82, 2.24) is 20.4 Å². The third kappa shape index (κ3) is 2.41. The summed E-state index contributed by atoms with van der Waals surface area (Å²) >= 11 is 0. The minimum Gasteiger partial charge on any atom is -0.480 e. The number of methoxy groups -OCH3 is 1. The number of hydrogen-bond acceptors (Lipinski definition) is 6. The zero-order chi connectivity index (χ0) is 13.0. The van der Waals surface area contributed by atoms with E-state index in [0.29, 0.717) is 17.3 Å². The van der Waals surface area contributed by atoms with Gasteiger partial charge in [0, 0.05) is 12.4 Å². The Morgan fingerprint density at radius 2 is 2.06 bits per heavy atom. The summed E-state index contributed by atoms with van der Waals surface area (Å²) in [5.41, 5.74) is 3.57. The Kier molecular flexibility index (Phi) is 3.75. The number of nitrogens with zero attached hydrogens (tertiary/aromatic N) is 3. The summed E-state index contributed by atoms with van der Waals surface area (Å²) in [7, 11) is 1.49. The fourth-order valence-corrected chi connectivity index (χ4v) is 1.55. The molecule has 0 bridgehead atoms. The number of nitrogens with one attached hydrogen (secondary N) is 1. The highest BCUT2D eigenvalue weighted by Gasteiger charge is 2.20. The largest absolute Gasteiger partial charge is 0.480 e. The van der Waals surface area contributed by atoms with E-state index < -0.39 is 11.9 Å². The number of ether oxygens (including phenoxy) is 1. The molecule has 3 N–H and O–H groups in total. The van der Waals surface area contributed by atoms with Crippen LogP contribution in [0.4, 0.5) is 4.39 Å². The van der Waals surface area contributed by atoms with Crippen LogP contribution in [0.1, 0.15) is 17.4 Å². The maximum Gasteiger partial charge on any atom is 0.237 e. The molecular weight excluding hydrogens is 237 g/mol. The Labute approximate surface area is 103 Å². The second kappa shape index (κ2) is 5.48. The van der Waals surface area contributed by atoms with Crippen molar-refractivity contribution in [2.45, 2.75) is 6.04 Å². The summed E-state index contributed by atoms with van der Waals surface area (Å²) < 4.78 is 17.9. The van der Waals surface area contributed by atoms with Gasteiger partial charge in [-0.1, -0.05) is 0 Å². The topological polar surface area (TPSA) is 86.0 Å². The number of nitrogens with two attached hydrogens (primary N) is 1. The van der Waals surface area contributed by atoms with Crippen LogP contribution in [-0.4, -0.2) is 22.1 Å². The second-order valence-electron chi connectivity index (χ2n) is 3.45. The summed E-state index contributed by atoms with van der Waals surface area (Å²) in [6.45, 7) is 0. The molecule has 18 heavy (non-hydrogen) atoms. The minimum absolute atomic E-state index is 0.339. The van der Waals surface area contributed by atoms with Crippen LogP contribution in [0.5, 0.6) is 5.88 Å². The molecular formula is C11H12FN5O. The van der Waals surface area contributed by atoms with Gasteiger partial charge in [0.05, 0.1) is 19.0 Å². The van der Waals surface area contributed by atoms with Gasteiger partial charge in [0.25, 0.3) is 0 Å². The van der Waals surface area contributed by atoms with E-state index in [1.807, 2.05) is 0 Å². The van der Waals surface area contributed by atoms with Crippen LogP contribution >= 0.6 is 0 Å². The Morgan fingerprint density at radius 3 is 2.67 bits per heavy atom. The van der Waals surface area contributed by atoms with Crippen LogP contribution < -0.4 is 16.0 Å². The molecule has 2 rings (SSSR count). The predicted molar refractivity (Wildman–Crippen MR) is 61.9 cm³/mol. The van der Waals surface area contributed by atoms with Gasteiger partial charge in [-0.25, -0.2) is 14.8 Å². The van der Waals surface area contributed by atoms with Gasteiger partial charge in [0.2, 0.25) is 5.88 Å². The van der Waals surface area contributed by atoms with Crippen molar-refractivity contribution in [3.05, 3.63) is 47.9 Å². The summed E-state index contributed by atoms with van der Waals surface area (Å²) in [5.74, 6) is 5.41. The number of hydrazine groups is 1. The molecule has 0 fully saturated rings. The van der Waals surface area contributed by atoms with E-state index >= 15 is 0 Å². The number of hydrogen-bond donors (Lipinski definition) is 2. The van der Waals surface area contributed by atoms with Crippen LogP contribution in [-0.2, 0) is 0 Å². The highest BCUT2D eigenvalue weighted by molar-refractivity contribution is 5.28. The standard InChI is InChI=1S/C11H12FN5O/c1-18-11-10(14-4-5-15-11)9(17-13)8-3-2-7(12)6-16-8/h2-6,9,17H,13H2,1H3. The zero-order valence-corrected chi connectivity index (χ0v) is 9.67. The van der Waals surface area contributed by atoms with Gasteiger partial charge >= 0.3 is 0 Å². The summed E-state index contributed by atoms with van der Waals surface area (Å²) in [6, 6.07) is 2.30. The smallest absolute Gasteiger partial charge is 0.237 e. The summed E-state index contributed by atoms with van der Waals surface area (Å²) in [6.07, 6.45) is 4.14. The molecule has 0 saturated heterocycles. The molecule has 0 amide bonds. The van der Waals surface area contributed by atoms with E-state index in [-0.39, 0.29) is 0 Å². The van der Waals surface area contributed by atoms with Crippen molar-refractivity contribution in [3.8, 4) is 5.88 Å². The van der Waals surface area contributed by atoms with E-state index in [4.69, 9.17) is 10.6 Å². The minimum atomic E-state index is -0.519. The van der Waals surface area contributed by atoms with Gasteiger partial charge in [-0.05, 0) is 12.1 Å². The number of pyridine rings is 1. The van der Waals surface area contributed by atoms with E-state index in [1.54, 1.807) is 0 Å². The van der Waals surface area contributed by atoms with Gasteiger partial charge in [-0.2, -0.15) is 0 Å². The lowest BCUT2D eigenvalue weighted by Crippen LogP contribution is -2.30. The van der Waals surface area contributed by atoms with Crippen LogP contribution in [0, 0.1) is 5.82 Å². The number of rotatable bonds is 4. The Morgan fingerprint density at radius 1 is 1.28 bits per heavy atom. The quantitative estimate of drug-likeness (QED) is 0.608. The molecule has 2 aromatic rings. The zero-order valence-electron chi connectivity index (χ0n) is 9.67. The first-order chi connectivity index (χ1) is 8.76. The molecule has 0 aliphatic carbocycles. The monoisotopic (exact) mass is 249 g/mol.